The third-order valence-electron chi connectivity index (χ3n) is 2.19. The van der Waals surface area contributed by atoms with E-state index in [0.29, 0.717) is 6.54 Å². The van der Waals surface area contributed by atoms with Crippen LogP contribution >= 0.6 is 0 Å². The largest absolute Gasteiger partial charge is 0.338 e. The number of ketones is 1. The normalized spacial score (nSPS) is 16.8. The van der Waals surface area contributed by atoms with Gasteiger partial charge in [-0.05, 0) is 20.3 Å². The first kappa shape index (κ1) is 9.96. The van der Waals surface area contributed by atoms with E-state index in [2.05, 4.69) is 6.92 Å². The highest BCUT2D eigenvalue weighted by molar-refractivity contribution is 5.96. The quantitative estimate of drug-likeness (QED) is 0.473. The van der Waals surface area contributed by atoms with Crippen LogP contribution < -0.4 is 0 Å². The zero-order valence-electron chi connectivity index (χ0n) is 8.17. The van der Waals surface area contributed by atoms with E-state index in [0.717, 1.165) is 13.0 Å². The first-order valence-electron chi connectivity index (χ1n) is 4.52. The van der Waals surface area contributed by atoms with Gasteiger partial charge in [0.2, 0.25) is 5.91 Å². The molecule has 72 valence electrons. The Morgan fingerprint density at radius 2 is 2.23 bits per heavy atom. The Bertz CT molecular complexity index is 256. The van der Waals surface area contributed by atoms with Gasteiger partial charge >= 0.3 is 0 Å². The van der Waals surface area contributed by atoms with Gasteiger partial charge in [-0.1, -0.05) is 11.6 Å². The van der Waals surface area contributed by atoms with Crippen LogP contribution in [-0.4, -0.2) is 29.7 Å². The van der Waals surface area contributed by atoms with Gasteiger partial charge in [-0.3, -0.25) is 9.59 Å². The van der Waals surface area contributed by atoms with E-state index in [1.165, 1.54) is 12.5 Å². The van der Waals surface area contributed by atoms with Crippen LogP contribution in [0.4, 0.5) is 0 Å². The summed E-state index contributed by atoms with van der Waals surface area (Å²) in [7, 11) is 0. The highest BCUT2D eigenvalue weighted by atomic mass is 16.2. The lowest BCUT2D eigenvalue weighted by Gasteiger charge is -2.25. The first-order chi connectivity index (χ1) is 6.09. The van der Waals surface area contributed by atoms with E-state index in [1.54, 1.807) is 4.90 Å². The lowest BCUT2D eigenvalue weighted by molar-refractivity contribution is -0.134. The van der Waals surface area contributed by atoms with Crippen molar-refractivity contribution in [3.8, 4) is 0 Å². The summed E-state index contributed by atoms with van der Waals surface area (Å²) in [6, 6.07) is 0. The summed E-state index contributed by atoms with van der Waals surface area (Å²) in [6.45, 7) is 4.93. The standard InChI is InChI=1S/C10H15NO2/c1-8-3-5-11(6-4-8)10(13)7-9(2)12/h3H,4-7H2,1-2H3. The van der Waals surface area contributed by atoms with Crippen LogP contribution in [0.3, 0.4) is 0 Å². The second-order valence-electron chi connectivity index (χ2n) is 3.52. The number of carbonyl (C=O) groups excluding carboxylic acids is 2. The fraction of sp³-hybridized carbons (Fsp3) is 0.600. The number of amides is 1. The average molecular weight is 181 g/mol. The van der Waals surface area contributed by atoms with Crippen molar-refractivity contribution in [1.82, 2.24) is 4.90 Å². The minimum Gasteiger partial charge on any atom is -0.338 e. The van der Waals surface area contributed by atoms with Gasteiger partial charge in [0.05, 0.1) is 6.42 Å². The monoisotopic (exact) mass is 181 g/mol. The van der Waals surface area contributed by atoms with Crippen molar-refractivity contribution in [3.63, 3.8) is 0 Å². The Morgan fingerprint density at radius 3 is 2.69 bits per heavy atom. The zero-order chi connectivity index (χ0) is 9.84. The minimum absolute atomic E-state index is 0.0451. The van der Waals surface area contributed by atoms with E-state index in [4.69, 9.17) is 0 Å². The molecule has 0 aliphatic carbocycles. The van der Waals surface area contributed by atoms with E-state index >= 15 is 0 Å². The van der Waals surface area contributed by atoms with Gasteiger partial charge in [0.25, 0.3) is 0 Å². The second-order valence-corrected chi connectivity index (χ2v) is 3.52. The van der Waals surface area contributed by atoms with Crippen LogP contribution in [0.5, 0.6) is 0 Å². The molecule has 0 fully saturated rings. The Balaban J connectivity index is 2.46. The number of Topliss-reactive ketones (excluding diaryl/α,β-unsaturated/α-hetero) is 1. The number of rotatable bonds is 2. The van der Waals surface area contributed by atoms with Crippen molar-refractivity contribution >= 4 is 11.7 Å². The van der Waals surface area contributed by atoms with E-state index in [1.807, 2.05) is 6.08 Å². The maximum atomic E-state index is 11.4. The predicted octanol–water partition coefficient (Wildman–Crippen LogP) is 1.14. The van der Waals surface area contributed by atoms with Crippen LogP contribution in [0.2, 0.25) is 0 Å². The molecule has 0 radical (unpaired) electrons. The number of hydrogen-bond acceptors (Lipinski definition) is 2. The molecule has 0 saturated heterocycles. The molecule has 0 aromatic rings. The van der Waals surface area contributed by atoms with Crippen LogP contribution in [-0.2, 0) is 9.59 Å². The van der Waals surface area contributed by atoms with Crippen molar-refractivity contribution in [2.45, 2.75) is 26.7 Å². The molecule has 1 amide bonds. The molecule has 1 aliphatic heterocycles. The highest BCUT2D eigenvalue weighted by Crippen LogP contribution is 2.10. The molecule has 0 spiro atoms. The number of hydrogen-bond donors (Lipinski definition) is 0. The molecular formula is C10H15NO2. The van der Waals surface area contributed by atoms with Crippen LogP contribution in [0, 0.1) is 0 Å². The fourth-order valence-corrected chi connectivity index (χ4v) is 1.32. The minimum atomic E-state index is -0.0590. The van der Waals surface area contributed by atoms with Crippen LogP contribution in [0.25, 0.3) is 0 Å². The molecule has 1 rings (SSSR count). The SMILES string of the molecule is CC(=O)CC(=O)N1CC=C(C)CC1. The smallest absolute Gasteiger partial charge is 0.230 e. The molecule has 0 aromatic carbocycles. The van der Waals surface area contributed by atoms with Crippen molar-refractivity contribution in [2.24, 2.45) is 0 Å². The second kappa shape index (κ2) is 4.21. The van der Waals surface area contributed by atoms with Gasteiger partial charge in [-0.2, -0.15) is 0 Å². The summed E-state index contributed by atoms with van der Waals surface area (Å²) >= 11 is 0. The van der Waals surface area contributed by atoms with Crippen molar-refractivity contribution in [2.75, 3.05) is 13.1 Å². The predicted molar refractivity (Wildman–Crippen MR) is 50.3 cm³/mol. The highest BCUT2D eigenvalue weighted by Gasteiger charge is 2.16. The Labute approximate surface area is 78.4 Å². The maximum Gasteiger partial charge on any atom is 0.230 e. The third kappa shape index (κ3) is 3.01. The Morgan fingerprint density at radius 1 is 1.54 bits per heavy atom. The molecule has 3 heteroatoms. The molecule has 0 N–H and O–H groups in total. The van der Waals surface area contributed by atoms with Gasteiger partial charge in [0, 0.05) is 13.1 Å². The summed E-state index contributed by atoms with van der Waals surface area (Å²) < 4.78 is 0. The summed E-state index contributed by atoms with van der Waals surface area (Å²) in [4.78, 5) is 23.8. The van der Waals surface area contributed by atoms with Gasteiger partial charge in [-0.25, -0.2) is 0 Å². The summed E-state index contributed by atoms with van der Waals surface area (Å²) in [5, 5.41) is 0. The lowest BCUT2D eigenvalue weighted by Crippen LogP contribution is -2.35. The van der Waals surface area contributed by atoms with Gasteiger partial charge < -0.3 is 4.90 Å². The molecule has 13 heavy (non-hydrogen) atoms. The van der Waals surface area contributed by atoms with Crippen LogP contribution in [0.1, 0.15) is 26.7 Å². The Kier molecular flexibility index (Phi) is 3.23. The average Bonchev–Trinajstić information content (AvgIpc) is 2.04. The maximum absolute atomic E-state index is 11.4. The molecule has 0 unspecified atom stereocenters. The third-order valence-corrected chi connectivity index (χ3v) is 2.19. The Hall–Kier alpha value is -1.12. The van der Waals surface area contributed by atoms with E-state index < -0.39 is 0 Å². The number of nitrogens with zero attached hydrogens (tertiary/aromatic N) is 1. The lowest BCUT2D eigenvalue weighted by atomic mass is 10.1. The van der Waals surface area contributed by atoms with Crippen molar-refractivity contribution in [3.05, 3.63) is 11.6 Å². The van der Waals surface area contributed by atoms with E-state index in [-0.39, 0.29) is 18.1 Å². The fourth-order valence-electron chi connectivity index (χ4n) is 1.32. The molecular weight excluding hydrogens is 166 g/mol. The molecule has 3 nitrogen and oxygen atoms in total. The molecule has 0 saturated carbocycles. The van der Waals surface area contributed by atoms with Gasteiger partial charge in [-0.15, -0.1) is 0 Å². The summed E-state index contributed by atoms with van der Waals surface area (Å²) in [6.07, 6.45) is 3.03. The van der Waals surface area contributed by atoms with Crippen LogP contribution in [0.15, 0.2) is 11.6 Å². The molecule has 1 aliphatic rings. The van der Waals surface area contributed by atoms with E-state index in [9.17, 15) is 9.59 Å². The number of carbonyl (C=O) groups is 2. The van der Waals surface area contributed by atoms with Gasteiger partial charge in [0.15, 0.2) is 0 Å². The molecule has 0 aromatic heterocycles. The summed E-state index contributed by atoms with van der Waals surface area (Å²) in [5.74, 6) is -0.104. The first-order valence-corrected chi connectivity index (χ1v) is 4.52. The van der Waals surface area contributed by atoms with Crippen molar-refractivity contribution < 1.29 is 9.59 Å². The molecule has 1 heterocycles. The van der Waals surface area contributed by atoms with Crippen molar-refractivity contribution in [1.29, 1.82) is 0 Å². The summed E-state index contributed by atoms with van der Waals surface area (Å²) in [5.41, 5.74) is 1.33. The topological polar surface area (TPSA) is 37.4 Å². The van der Waals surface area contributed by atoms with Gasteiger partial charge in [0.1, 0.15) is 5.78 Å². The molecule has 0 bridgehead atoms. The zero-order valence-corrected chi connectivity index (χ0v) is 8.17. The molecule has 0 atom stereocenters.